The number of aryl methyl sites for hydroxylation is 1. The van der Waals surface area contributed by atoms with Gasteiger partial charge in [0.1, 0.15) is 11.2 Å². The van der Waals surface area contributed by atoms with E-state index in [0.29, 0.717) is 0 Å². The van der Waals surface area contributed by atoms with Gasteiger partial charge in [0.2, 0.25) is 11.2 Å². The van der Waals surface area contributed by atoms with E-state index in [1.165, 1.54) is 0 Å². The van der Waals surface area contributed by atoms with Gasteiger partial charge >= 0.3 is 0 Å². The van der Waals surface area contributed by atoms with E-state index in [-0.39, 0.29) is 0 Å². The normalized spacial score (nSPS) is 10.6. The van der Waals surface area contributed by atoms with E-state index in [1.807, 2.05) is 43.3 Å². The van der Waals surface area contributed by atoms with E-state index in [4.69, 9.17) is 0 Å². The van der Waals surface area contributed by atoms with Crippen LogP contribution < -0.4 is 4.57 Å². The largest absolute Gasteiger partial charge is 0.240 e. The Hall–Kier alpha value is -2.22. The third-order valence-corrected chi connectivity index (χ3v) is 2.79. The van der Waals surface area contributed by atoms with E-state index in [2.05, 4.69) is 33.9 Å². The first-order chi connectivity index (χ1) is 8.34. The Morgan fingerprint density at radius 2 is 1.59 bits per heavy atom. The van der Waals surface area contributed by atoms with Crippen molar-refractivity contribution in [2.24, 2.45) is 0 Å². The number of hydrogen-bond donors (Lipinski definition) is 0. The highest BCUT2D eigenvalue weighted by Crippen LogP contribution is 2.10. The van der Waals surface area contributed by atoms with Gasteiger partial charge < -0.3 is 0 Å². The number of fused-ring (bicyclic) bond motifs is 1. The molecule has 0 N–H and O–H groups in total. The third-order valence-electron chi connectivity index (χ3n) is 2.79. The van der Waals surface area contributed by atoms with Gasteiger partial charge in [-0.2, -0.15) is 4.57 Å². The highest BCUT2D eigenvalue weighted by molar-refractivity contribution is 5.71. The molecule has 2 nitrogen and oxygen atoms in total. The standard InChI is InChI=1S/C15H13N2/c1-12-11-17(13-7-3-2-4-8-13)15-10-6-5-9-14(15)16-12/h2-11H,1H3/q+1. The summed E-state index contributed by atoms with van der Waals surface area (Å²) in [6.45, 7) is 2.02. The van der Waals surface area contributed by atoms with E-state index >= 15 is 0 Å². The molecule has 0 spiro atoms. The van der Waals surface area contributed by atoms with Crippen LogP contribution in [0.1, 0.15) is 5.69 Å². The summed E-state index contributed by atoms with van der Waals surface area (Å²) < 4.78 is 2.18. The van der Waals surface area contributed by atoms with Crippen molar-refractivity contribution in [3.05, 3.63) is 66.5 Å². The fourth-order valence-electron chi connectivity index (χ4n) is 2.04. The molecule has 0 saturated carbocycles. The Labute approximate surface area is 100 Å². The second kappa shape index (κ2) is 3.98. The average Bonchev–Trinajstić information content (AvgIpc) is 2.39. The number of benzene rings is 2. The van der Waals surface area contributed by atoms with Gasteiger partial charge in [0, 0.05) is 18.2 Å². The summed E-state index contributed by atoms with van der Waals surface area (Å²) in [7, 11) is 0. The van der Waals surface area contributed by atoms with Gasteiger partial charge in [-0.15, -0.1) is 0 Å². The van der Waals surface area contributed by atoms with Gasteiger partial charge in [-0.3, -0.25) is 0 Å². The fraction of sp³-hybridized carbons (Fsp3) is 0.0667. The van der Waals surface area contributed by atoms with Crippen LogP contribution in [0.25, 0.3) is 16.7 Å². The van der Waals surface area contributed by atoms with Crippen LogP contribution in [0.5, 0.6) is 0 Å². The quantitative estimate of drug-likeness (QED) is 0.577. The maximum Gasteiger partial charge on any atom is 0.236 e. The lowest BCUT2D eigenvalue weighted by Gasteiger charge is -2.01. The van der Waals surface area contributed by atoms with E-state index < -0.39 is 0 Å². The van der Waals surface area contributed by atoms with Crippen molar-refractivity contribution >= 4 is 11.0 Å². The minimum atomic E-state index is 1.02. The molecule has 1 aromatic heterocycles. The Kier molecular flexibility index (Phi) is 2.33. The van der Waals surface area contributed by atoms with E-state index in [9.17, 15) is 0 Å². The molecule has 0 atom stereocenters. The fourth-order valence-corrected chi connectivity index (χ4v) is 2.04. The first-order valence-corrected chi connectivity index (χ1v) is 5.68. The van der Waals surface area contributed by atoms with E-state index in [0.717, 1.165) is 22.4 Å². The van der Waals surface area contributed by atoms with Gasteiger partial charge in [-0.1, -0.05) is 30.3 Å². The van der Waals surface area contributed by atoms with Crippen molar-refractivity contribution < 1.29 is 4.57 Å². The highest BCUT2D eigenvalue weighted by atomic mass is 15.0. The molecule has 0 aliphatic rings. The van der Waals surface area contributed by atoms with Crippen LogP contribution >= 0.6 is 0 Å². The maximum absolute atomic E-state index is 4.54. The minimum absolute atomic E-state index is 1.02. The second-order valence-corrected chi connectivity index (χ2v) is 4.08. The number of rotatable bonds is 1. The predicted molar refractivity (Wildman–Crippen MR) is 68.0 cm³/mol. The molecular weight excluding hydrogens is 208 g/mol. The molecule has 0 unspecified atom stereocenters. The maximum atomic E-state index is 4.54. The van der Waals surface area contributed by atoms with Crippen molar-refractivity contribution in [3.63, 3.8) is 0 Å². The van der Waals surface area contributed by atoms with Crippen LogP contribution in [0, 0.1) is 6.92 Å². The van der Waals surface area contributed by atoms with Crippen LogP contribution in [0.4, 0.5) is 0 Å². The SMILES string of the molecule is Cc1c[n+](-c2ccccc2)c2ccccc2n1. The van der Waals surface area contributed by atoms with Crippen molar-refractivity contribution in [2.75, 3.05) is 0 Å². The molecule has 0 bridgehead atoms. The summed E-state index contributed by atoms with van der Waals surface area (Å²) >= 11 is 0. The molecule has 0 radical (unpaired) electrons. The summed E-state index contributed by atoms with van der Waals surface area (Å²) in [5.41, 5.74) is 4.34. The third kappa shape index (κ3) is 1.78. The zero-order valence-corrected chi connectivity index (χ0v) is 9.67. The Morgan fingerprint density at radius 3 is 2.41 bits per heavy atom. The molecule has 0 fully saturated rings. The lowest BCUT2D eigenvalue weighted by atomic mass is 10.2. The molecular formula is C15H13N2+. The molecule has 2 aromatic carbocycles. The zero-order chi connectivity index (χ0) is 11.7. The summed E-state index contributed by atoms with van der Waals surface area (Å²) in [4.78, 5) is 4.54. The summed E-state index contributed by atoms with van der Waals surface area (Å²) in [6, 6.07) is 18.5. The molecule has 0 saturated heterocycles. The molecule has 17 heavy (non-hydrogen) atoms. The van der Waals surface area contributed by atoms with Gasteiger partial charge in [-0.05, 0) is 13.0 Å². The monoisotopic (exact) mass is 221 g/mol. The topological polar surface area (TPSA) is 16.8 Å². The Bertz CT molecular complexity index is 660. The Morgan fingerprint density at radius 1 is 0.882 bits per heavy atom. The smallest absolute Gasteiger partial charge is 0.236 e. The van der Waals surface area contributed by atoms with Gasteiger partial charge in [0.05, 0.1) is 0 Å². The molecule has 3 aromatic rings. The first-order valence-electron chi connectivity index (χ1n) is 5.68. The number of nitrogens with zero attached hydrogens (tertiary/aromatic N) is 2. The summed E-state index contributed by atoms with van der Waals surface area (Å²) in [5.74, 6) is 0. The summed E-state index contributed by atoms with van der Waals surface area (Å²) in [5, 5.41) is 0. The summed E-state index contributed by atoms with van der Waals surface area (Å²) in [6.07, 6.45) is 2.07. The molecule has 3 rings (SSSR count). The number of hydrogen-bond acceptors (Lipinski definition) is 1. The zero-order valence-electron chi connectivity index (χ0n) is 9.67. The lowest BCUT2D eigenvalue weighted by Crippen LogP contribution is -2.32. The van der Waals surface area contributed by atoms with Gasteiger partial charge in [0.25, 0.3) is 0 Å². The predicted octanol–water partition coefficient (Wildman–Crippen LogP) is 2.82. The molecule has 0 amide bonds. The number of aromatic nitrogens is 2. The van der Waals surface area contributed by atoms with Crippen molar-refractivity contribution in [1.82, 2.24) is 4.98 Å². The molecule has 82 valence electrons. The second-order valence-electron chi connectivity index (χ2n) is 4.08. The van der Waals surface area contributed by atoms with Gasteiger partial charge in [0.15, 0.2) is 6.20 Å². The van der Waals surface area contributed by atoms with E-state index in [1.54, 1.807) is 0 Å². The van der Waals surface area contributed by atoms with Crippen LogP contribution in [-0.4, -0.2) is 4.98 Å². The lowest BCUT2D eigenvalue weighted by molar-refractivity contribution is -0.568. The molecule has 1 heterocycles. The molecule has 2 heteroatoms. The van der Waals surface area contributed by atoms with Crippen molar-refractivity contribution in [2.45, 2.75) is 6.92 Å². The average molecular weight is 221 g/mol. The Balaban J connectivity index is 2.36. The van der Waals surface area contributed by atoms with Gasteiger partial charge in [-0.25, -0.2) is 4.98 Å². The first kappa shape index (κ1) is 9.97. The van der Waals surface area contributed by atoms with Crippen molar-refractivity contribution in [1.29, 1.82) is 0 Å². The number of para-hydroxylation sites is 3. The minimum Gasteiger partial charge on any atom is -0.240 e. The van der Waals surface area contributed by atoms with Crippen molar-refractivity contribution in [3.8, 4) is 5.69 Å². The van der Waals surface area contributed by atoms with Crippen LogP contribution in [-0.2, 0) is 0 Å². The highest BCUT2D eigenvalue weighted by Gasteiger charge is 2.12. The van der Waals surface area contributed by atoms with Crippen LogP contribution in [0.3, 0.4) is 0 Å². The van der Waals surface area contributed by atoms with Crippen LogP contribution in [0.15, 0.2) is 60.8 Å². The van der Waals surface area contributed by atoms with Crippen LogP contribution in [0.2, 0.25) is 0 Å². The molecule has 0 aliphatic carbocycles. The molecule has 0 aliphatic heterocycles.